The minimum atomic E-state index is 0.124. The average Bonchev–Trinajstić information content (AvgIpc) is 2.22. The SMILES string of the molecule is CC(C)(C)c1ccc2c(Cl)c(O)ccc2c1. The summed E-state index contributed by atoms with van der Waals surface area (Å²) in [5, 5.41) is 11.9. The third-order valence-electron chi connectivity index (χ3n) is 2.80. The fourth-order valence-electron chi connectivity index (χ4n) is 1.75. The fraction of sp³-hybridized carbons (Fsp3) is 0.286. The Morgan fingerprint density at radius 1 is 1.06 bits per heavy atom. The quantitative estimate of drug-likeness (QED) is 0.712. The van der Waals surface area contributed by atoms with Gasteiger partial charge >= 0.3 is 0 Å². The van der Waals surface area contributed by atoms with Gasteiger partial charge in [0.1, 0.15) is 5.75 Å². The Bertz CT molecular complexity index is 538. The van der Waals surface area contributed by atoms with Crippen LogP contribution in [0.3, 0.4) is 0 Å². The molecule has 0 spiro atoms. The molecule has 2 heteroatoms. The Kier molecular flexibility index (Phi) is 2.59. The second-order valence-corrected chi connectivity index (χ2v) is 5.46. The topological polar surface area (TPSA) is 20.2 Å². The largest absolute Gasteiger partial charge is 0.506 e. The van der Waals surface area contributed by atoms with E-state index in [2.05, 4.69) is 32.9 Å². The minimum absolute atomic E-state index is 0.124. The number of benzene rings is 2. The standard InChI is InChI=1S/C14H15ClO/c1-14(2,3)10-5-6-11-9(8-10)4-7-12(16)13(11)15/h4-8,16H,1-3H3. The normalized spacial score (nSPS) is 12.0. The lowest BCUT2D eigenvalue weighted by atomic mass is 9.86. The van der Waals surface area contributed by atoms with Crippen molar-refractivity contribution in [3.05, 3.63) is 40.9 Å². The van der Waals surface area contributed by atoms with Crippen LogP contribution in [0.2, 0.25) is 5.02 Å². The highest BCUT2D eigenvalue weighted by Gasteiger charge is 2.14. The number of hydrogen-bond donors (Lipinski definition) is 1. The first-order chi connectivity index (χ1) is 7.39. The van der Waals surface area contributed by atoms with Crippen molar-refractivity contribution in [2.45, 2.75) is 26.2 Å². The van der Waals surface area contributed by atoms with E-state index >= 15 is 0 Å². The van der Waals surface area contributed by atoms with Gasteiger partial charge in [-0.3, -0.25) is 0 Å². The third kappa shape index (κ3) is 1.88. The summed E-state index contributed by atoms with van der Waals surface area (Å²) in [5.74, 6) is 0.137. The molecule has 84 valence electrons. The number of fused-ring (bicyclic) bond motifs is 1. The zero-order chi connectivity index (χ0) is 11.9. The molecule has 0 atom stereocenters. The van der Waals surface area contributed by atoms with Crippen LogP contribution in [0.15, 0.2) is 30.3 Å². The summed E-state index contributed by atoms with van der Waals surface area (Å²) in [4.78, 5) is 0. The van der Waals surface area contributed by atoms with Gasteiger partial charge in [-0.2, -0.15) is 0 Å². The molecular formula is C14H15ClO. The Balaban J connectivity index is 2.70. The van der Waals surface area contributed by atoms with Crippen molar-refractivity contribution in [3.63, 3.8) is 0 Å². The van der Waals surface area contributed by atoms with Gasteiger partial charge in [-0.25, -0.2) is 0 Å². The van der Waals surface area contributed by atoms with Crippen LogP contribution >= 0.6 is 11.6 Å². The Morgan fingerprint density at radius 2 is 1.75 bits per heavy atom. The predicted molar refractivity (Wildman–Crippen MR) is 69.3 cm³/mol. The molecule has 0 aliphatic rings. The van der Waals surface area contributed by atoms with Crippen molar-refractivity contribution in [2.24, 2.45) is 0 Å². The Hall–Kier alpha value is -1.21. The van der Waals surface area contributed by atoms with Crippen LogP contribution in [0.4, 0.5) is 0 Å². The number of hydrogen-bond acceptors (Lipinski definition) is 1. The smallest absolute Gasteiger partial charge is 0.134 e. The van der Waals surface area contributed by atoms with Gasteiger partial charge in [-0.1, -0.05) is 56.6 Å². The van der Waals surface area contributed by atoms with Gasteiger partial charge in [-0.05, 0) is 22.4 Å². The Labute approximate surface area is 101 Å². The second kappa shape index (κ2) is 3.67. The van der Waals surface area contributed by atoms with Crippen LogP contribution in [-0.2, 0) is 5.41 Å². The second-order valence-electron chi connectivity index (χ2n) is 5.08. The van der Waals surface area contributed by atoms with Crippen LogP contribution in [0.25, 0.3) is 10.8 Å². The molecule has 0 aliphatic heterocycles. The molecule has 0 saturated heterocycles. The highest BCUT2D eigenvalue weighted by Crippen LogP contribution is 2.34. The van der Waals surface area contributed by atoms with Crippen molar-refractivity contribution in [1.82, 2.24) is 0 Å². The predicted octanol–water partition coefficient (Wildman–Crippen LogP) is 4.50. The summed E-state index contributed by atoms with van der Waals surface area (Å²) in [6, 6.07) is 9.69. The molecule has 0 aliphatic carbocycles. The molecule has 0 radical (unpaired) electrons. The maximum absolute atomic E-state index is 9.51. The van der Waals surface area contributed by atoms with Gasteiger partial charge in [0.2, 0.25) is 0 Å². The van der Waals surface area contributed by atoms with Crippen molar-refractivity contribution in [1.29, 1.82) is 0 Å². The first-order valence-electron chi connectivity index (χ1n) is 5.31. The van der Waals surface area contributed by atoms with E-state index in [9.17, 15) is 5.11 Å². The molecule has 0 saturated carbocycles. The molecule has 2 aromatic carbocycles. The van der Waals surface area contributed by atoms with E-state index in [4.69, 9.17) is 11.6 Å². The fourth-order valence-corrected chi connectivity index (χ4v) is 1.98. The first kappa shape index (κ1) is 11.3. The molecule has 16 heavy (non-hydrogen) atoms. The first-order valence-corrected chi connectivity index (χ1v) is 5.69. The molecule has 0 amide bonds. The zero-order valence-corrected chi connectivity index (χ0v) is 10.5. The molecule has 0 bridgehead atoms. The monoisotopic (exact) mass is 234 g/mol. The van der Waals surface area contributed by atoms with E-state index in [1.165, 1.54) is 5.56 Å². The van der Waals surface area contributed by atoms with Crippen LogP contribution in [0, 0.1) is 0 Å². The lowest BCUT2D eigenvalue weighted by Crippen LogP contribution is -2.10. The van der Waals surface area contributed by atoms with Crippen molar-refractivity contribution in [2.75, 3.05) is 0 Å². The van der Waals surface area contributed by atoms with E-state index in [1.807, 2.05) is 12.1 Å². The maximum Gasteiger partial charge on any atom is 0.134 e. The molecule has 0 aromatic heterocycles. The van der Waals surface area contributed by atoms with E-state index in [0.717, 1.165) is 10.8 Å². The third-order valence-corrected chi connectivity index (χ3v) is 3.20. The van der Waals surface area contributed by atoms with Crippen LogP contribution in [0.1, 0.15) is 26.3 Å². The highest BCUT2D eigenvalue weighted by atomic mass is 35.5. The molecule has 2 aromatic rings. The number of phenols is 1. The summed E-state index contributed by atoms with van der Waals surface area (Å²) < 4.78 is 0. The zero-order valence-electron chi connectivity index (χ0n) is 9.71. The lowest BCUT2D eigenvalue weighted by molar-refractivity contribution is 0.476. The Morgan fingerprint density at radius 3 is 2.38 bits per heavy atom. The molecule has 2 rings (SSSR count). The summed E-state index contributed by atoms with van der Waals surface area (Å²) in [5.41, 5.74) is 1.39. The van der Waals surface area contributed by atoms with E-state index < -0.39 is 0 Å². The van der Waals surface area contributed by atoms with E-state index in [-0.39, 0.29) is 11.2 Å². The van der Waals surface area contributed by atoms with Crippen molar-refractivity contribution >= 4 is 22.4 Å². The van der Waals surface area contributed by atoms with E-state index in [0.29, 0.717) is 5.02 Å². The number of rotatable bonds is 0. The summed E-state index contributed by atoms with van der Waals surface area (Å²) in [6.45, 7) is 6.53. The molecule has 1 nitrogen and oxygen atoms in total. The minimum Gasteiger partial charge on any atom is -0.506 e. The van der Waals surface area contributed by atoms with E-state index in [1.54, 1.807) is 6.07 Å². The van der Waals surface area contributed by atoms with Crippen LogP contribution in [0.5, 0.6) is 5.75 Å². The van der Waals surface area contributed by atoms with Crippen molar-refractivity contribution in [3.8, 4) is 5.75 Å². The number of aromatic hydroxyl groups is 1. The summed E-state index contributed by atoms with van der Waals surface area (Å²) in [6.07, 6.45) is 0. The molecule has 0 fully saturated rings. The molecule has 0 unspecified atom stereocenters. The number of halogens is 1. The van der Waals surface area contributed by atoms with Gasteiger partial charge in [0.25, 0.3) is 0 Å². The molecular weight excluding hydrogens is 220 g/mol. The summed E-state index contributed by atoms with van der Waals surface area (Å²) in [7, 11) is 0. The van der Waals surface area contributed by atoms with Gasteiger partial charge in [0.05, 0.1) is 5.02 Å². The van der Waals surface area contributed by atoms with Crippen molar-refractivity contribution < 1.29 is 5.11 Å². The summed E-state index contributed by atoms with van der Waals surface area (Å²) >= 11 is 6.04. The van der Waals surface area contributed by atoms with Crippen LogP contribution in [-0.4, -0.2) is 5.11 Å². The highest BCUT2D eigenvalue weighted by molar-refractivity contribution is 6.37. The number of phenolic OH excluding ortho intramolecular Hbond substituents is 1. The average molecular weight is 235 g/mol. The molecule has 0 heterocycles. The lowest BCUT2D eigenvalue weighted by Gasteiger charge is -2.19. The van der Waals surface area contributed by atoms with Gasteiger partial charge in [-0.15, -0.1) is 0 Å². The maximum atomic E-state index is 9.51. The molecule has 1 N–H and O–H groups in total. The van der Waals surface area contributed by atoms with Crippen LogP contribution < -0.4 is 0 Å². The van der Waals surface area contributed by atoms with Gasteiger partial charge < -0.3 is 5.11 Å². The van der Waals surface area contributed by atoms with Gasteiger partial charge in [0.15, 0.2) is 0 Å². The van der Waals surface area contributed by atoms with Gasteiger partial charge in [0, 0.05) is 5.39 Å².